The third-order valence-electron chi connectivity index (χ3n) is 4.44. The van der Waals surface area contributed by atoms with Gasteiger partial charge in [0.1, 0.15) is 5.75 Å². The van der Waals surface area contributed by atoms with Crippen LogP contribution in [0.15, 0.2) is 53.8 Å². The van der Waals surface area contributed by atoms with E-state index < -0.39 is 0 Å². The van der Waals surface area contributed by atoms with Crippen molar-refractivity contribution < 1.29 is 4.74 Å². The lowest BCUT2D eigenvalue weighted by atomic mass is 9.65. The van der Waals surface area contributed by atoms with Crippen LogP contribution < -0.4 is 4.74 Å². The lowest BCUT2D eigenvalue weighted by molar-refractivity contribution is 0.326. The van der Waals surface area contributed by atoms with E-state index in [2.05, 4.69) is 36.1 Å². The topological polar surface area (TPSA) is 9.23 Å². The number of benzene rings is 1. The van der Waals surface area contributed by atoms with Gasteiger partial charge in [0.15, 0.2) is 0 Å². The third-order valence-corrected chi connectivity index (χ3v) is 4.44. The average Bonchev–Trinajstić information content (AvgIpc) is 3.03. The highest BCUT2D eigenvalue weighted by molar-refractivity contribution is 5.51. The van der Waals surface area contributed by atoms with Crippen LogP contribution in [0.25, 0.3) is 0 Å². The zero-order valence-electron chi connectivity index (χ0n) is 11.5. The van der Waals surface area contributed by atoms with E-state index in [0.29, 0.717) is 0 Å². The maximum Gasteiger partial charge on any atom is 0.122 e. The minimum atomic E-state index is 0.106. The fourth-order valence-corrected chi connectivity index (χ4v) is 3.51. The maximum atomic E-state index is 5.61. The van der Waals surface area contributed by atoms with Crippen LogP contribution in [-0.4, -0.2) is 7.11 Å². The van der Waals surface area contributed by atoms with Crippen molar-refractivity contribution in [1.82, 2.24) is 0 Å². The van der Waals surface area contributed by atoms with Crippen molar-refractivity contribution in [2.75, 3.05) is 7.11 Å². The molecule has 0 heterocycles. The molecule has 0 spiro atoms. The van der Waals surface area contributed by atoms with Crippen LogP contribution in [0.4, 0.5) is 0 Å². The summed E-state index contributed by atoms with van der Waals surface area (Å²) >= 11 is 0. The zero-order valence-corrected chi connectivity index (χ0v) is 11.5. The van der Waals surface area contributed by atoms with Gasteiger partial charge in [0.25, 0.3) is 0 Å². The Labute approximate surface area is 115 Å². The Morgan fingerprint density at radius 1 is 1.11 bits per heavy atom. The fraction of sp³-hybridized carbons (Fsp3) is 0.389. The highest BCUT2D eigenvalue weighted by Gasteiger charge is 2.38. The SMILES string of the molecule is COc1ccccc1C1(C2=C=CC=C2)CCCCC1. The Hall–Kier alpha value is -1.72. The van der Waals surface area contributed by atoms with E-state index in [1.165, 1.54) is 43.2 Å². The molecular formula is C18H20O. The van der Waals surface area contributed by atoms with Crippen molar-refractivity contribution in [3.05, 3.63) is 59.4 Å². The molecule has 0 amide bonds. The summed E-state index contributed by atoms with van der Waals surface area (Å²) in [5.41, 5.74) is 6.21. The molecule has 98 valence electrons. The van der Waals surface area contributed by atoms with Gasteiger partial charge >= 0.3 is 0 Å². The number of allylic oxidation sites excluding steroid dienone is 3. The van der Waals surface area contributed by atoms with E-state index >= 15 is 0 Å². The molecule has 0 aliphatic heterocycles. The van der Waals surface area contributed by atoms with Crippen molar-refractivity contribution in [3.8, 4) is 5.75 Å². The van der Waals surface area contributed by atoms with Crippen molar-refractivity contribution in [3.63, 3.8) is 0 Å². The van der Waals surface area contributed by atoms with Gasteiger partial charge in [0, 0.05) is 16.6 Å². The third kappa shape index (κ3) is 2.05. The minimum Gasteiger partial charge on any atom is -0.496 e. The fourth-order valence-electron chi connectivity index (χ4n) is 3.51. The molecule has 2 aliphatic carbocycles. The highest BCUT2D eigenvalue weighted by atomic mass is 16.5. The molecule has 0 bridgehead atoms. The first-order chi connectivity index (χ1) is 9.37. The van der Waals surface area contributed by atoms with Crippen molar-refractivity contribution in [2.24, 2.45) is 0 Å². The van der Waals surface area contributed by atoms with Gasteiger partial charge < -0.3 is 4.74 Å². The summed E-state index contributed by atoms with van der Waals surface area (Å²) in [7, 11) is 1.77. The van der Waals surface area contributed by atoms with Crippen LogP contribution in [0, 0.1) is 0 Å². The predicted molar refractivity (Wildman–Crippen MR) is 78.5 cm³/mol. The Bertz CT molecular complexity index is 553. The first-order valence-electron chi connectivity index (χ1n) is 7.14. The van der Waals surface area contributed by atoms with Crippen LogP contribution in [0.1, 0.15) is 37.7 Å². The van der Waals surface area contributed by atoms with E-state index in [-0.39, 0.29) is 5.41 Å². The minimum absolute atomic E-state index is 0.106. The largest absolute Gasteiger partial charge is 0.496 e. The lowest BCUT2D eigenvalue weighted by Crippen LogP contribution is -2.30. The first kappa shape index (κ1) is 12.3. The molecular weight excluding hydrogens is 232 g/mol. The molecule has 1 aromatic carbocycles. The first-order valence-corrected chi connectivity index (χ1v) is 7.14. The van der Waals surface area contributed by atoms with E-state index in [9.17, 15) is 0 Å². The van der Waals surface area contributed by atoms with Crippen LogP contribution in [0.5, 0.6) is 5.75 Å². The molecule has 1 heteroatoms. The molecule has 1 saturated carbocycles. The predicted octanol–water partition coefficient (Wildman–Crippen LogP) is 4.55. The molecule has 0 saturated heterocycles. The highest BCUT2D eigenvalue weighted by Crippen LogP contribution is 2.48. The second-order valence-corrected chi connectivity index (χ2v) is 5.43. The lowest BCUT2D eigenvalue weighted by Gasteiger charge is -2.38. The Morgan fingerprint density at radius 2 is 1.89 bits per heavy atom. The summed E-state index contributed by atoms with van der Waals surface area (Å²) in [5.74, 6) is 1.01. The molecule has 3 rings (SSSR count). The second-order valence-electron chi connectivity index (χ2n) is 5.43. The summed E-state index contributed by atoms with van der Waals surface area (Å²) < 4.78 is 5.61. The van der Waals surface area contributed by atoms with Gasteiger partial charge in [-0.15, -0.1) is 5.73 Å². The molecule has 1 fully saturated rings. The van der Waals surface area contributed by atoms with Gasteiger partial charge in [-0.05, 0) is 31.1 Å². The quantitative estimate of drug-likeness (QED) is 0.717. The summed E-state index contributed by atoms with van der Waals surface area (Å²) in [6.45, 7) is 0. The average molecular weight is 252 g/mol. The molecule has 0 radical (unpaired) electrons. The van der Waals surface area contributed by atoms with Crippen molar-refractivity contribution in [1.29, 1.82) is 0 Å². The number of ether oxygens (including phenoxy) is 1. The standard InChI is InChI=1S/C18H20O/c1-19-17-12-6-5-11-16(17)18(13-7-2-8-14-18)15-9-3-4-10-15/h3-6,9,11-12H,2,7-8,13-14H2,1H3. The summed E-state index contributed by atoms with van der Waals surface area (Å²) in [6.07, 6.45) is 12.7. The molecule has 0 N–H and O–H groups in total. The number of hydrogen-bond acceptors (Lipinski definition) is 1. The summed E-state index contributed by atoms with van der Waals surface area (Å²) in [6, 6.07) is 8.48. The molecule has 0 unspecified atom stereocenters. The van der Waals surface area contributed by atoms with Gasteiger partial charge in [-0.2, -0.15) is 0 Å². The van der Waals surface area contributed by atoms with Crippen LogP contribution in [-0.2, 0) is 5.41 Å². The van der Waals surface area contributed by atoms with E-state index in [4.69, 9.17) is 4.74 Å². The molecule has 0 aromatic heterocycles. The van der Waals surface area contributed by atoms with E-state index in [1.807, 2.05) is 12.1 Å². The smallest absolute Gasteiger partial charge is 0.122 e. The maximum absolute atomic E-state index is 5.61. The van der Waals surface area contributed by atoms with Crippen molar-refractivity contribution >= 4 is 0 Å². The zero-order chi connectivity index (χ0) is 13.1. The van der Waals surface area contributed by atoms with Crippen molar-refractivity contribution in [2.45, 2.75) is 37.5 Å². The summed E-state index contributed by atoms with van der Waals surface area (Å²) in [5, 5.41) is 0. The van der Waals surface area contributed by atoms with Gasteiger partial charge in [-0.1, -0.05) is 43.5 Å². The van der Waals surface area contributed by atoms with Crippen LogP contribution in [0.3, 0.4) is 0 Å². The molecule has 1 nitrogen and oxygen atoms in total. The van der Waals surface area contributed by atoms with E-state index in [1.54, 1.807) is 7.11 Å². The normalized spacial score (nSPS) is 20.4. The van der Waals surface area contributed by atoms with Crippen LogP contribution >= 0.6 is 0 Å². The second kappa shape index (κ2) is 5.11. The molecule has 0 atom stereocenters. The van der Waals surface area contributed by atoms with Crippen LogP contribution in [0.2, 0.25) is 0 Å². The van der Waals surface area contributed by atoms with Gasteiger partial charge in [0.05, 0.1) is 7.11 Å². The molecule has 19 heavy (non-hydrogen) atoms. The Morgan fingerprint density at radius 3 is 2.58 bits per heavy atom. The molecule has 1 aromatic rings. The Kier molecular flexibility index (Phi) is 3.31. The monoisotopic (exact) mass is 252 g/mol. The number of hydrogen-bond donors (Lipinski definition) is 0. The molecule has 2 aliphatic rings. The number of para-hydroxylation sites is 1. The number of rotatable bonds is 3. The Balaban J connectivity index is 2.14. The number of methoxy groups -OCH3 is 1. The van der Waals surface area contributed by atoms with Gasteiger partial charge in [-0.25, -0.2) is 0 Å². The summed E-state index contributed by atoms with van der Waals surface area (Å²) in [4.78, 5) is 0. The van der Waals surface area contributed by atoms with Gasteiger partial charge in [-0.3, -0.25) is 0 Å². The van der Waals surface area contributed by atoms with E-state index in [0.717, 1.165) is 5.75 Å². The van der Waals surface area contributed by atoms with Gasteiger partial charge in [0.2, 0.25) is 0 Å².